The van der Waals surface area contributed by atoms with Gasteiger partial charge in [0, 0.05) is 43.4 Å². The number of nitrogens with zero attached hydrogens (tertiary/aromatic N) is 1. The zero-order valence-corrected chi connectivity index (χ0v) is 28.7. The summed E-state index contributed by atoms with van der Waals surface area (Å²) in [6.07, 6.45) is 16.1. The molecule has 0 radical (unpaired) electrons. The number of ether oxygens (including phenoxy) is 1. The summed E-state index contributed by atoms with van der Waals surface area (Å²) in [5.74, 6) is 0.560. The highest BCUT2D eigenvalue weighted by molar-refractivity contribution is 7.09. The summed E-state index contributed by atoms with van der Waals surface area (Å²) in [6, 6.07) is 11.0. The van der Waals surface area contributed by atoms with Crippen LogP contribution in [0.1, 0.15) is 120 Å². The van der Waals surface area contributed by atoms with Gasteiger partial charge in [0.05, 0.1) is 6.42 Å². The molecule has 0 bridgehead atoms. The van der Waals surface area contributed by atoms with E-state index in [9.17, 15) is 14.4 Å². The molecule has 7 nitrogen and oxygen atoms in total. The van der Waals surface area contributed by atoms with Gasteiger partial charge in [0.15, 0.2) is 0 Å². The molecule has 1 aliphatic carbocycles. The Balaban J connectivity index is 1.26. The normalized spacial score (nSPS) is 14.2. The molecular formula is C37H57N3O4S. The van der Waals surface area contributed by atoms with Crippen LogP contribution in [-0.4, -0.2) is 54.9 Å². The number of thiophene rings is 1. The van der Waals surface area contributed by atoms with Gasteiger partial charge in [0.25, 0.3) is 0 Å². The highest BCUT2D eigenvalue weighted by atomic mass is 32.1. The standard InChI is InChI=1S/C37H57N3O4S/c1-3-24-38-35(41)18-11-9-7-5-6-8-10-12-19-36(42)39-25-22-37(43)44-34-17-13-15-30-29-31(20-21-33(30)34)40(26-4-2)27-23-32-16-14-28-45-32/h13-17,28,31H,3-12,18-27,29H2,1-2H3,(H,38,41)(H,39,42)/t31-/m0/s1. The lowest BCUT2D eigenvalue weighted by Gasteiger charge is -2.35. The van der Waals surface area contributed by atoms with Crippen molar-refractivity contribution < 1.29 is 19.1 Å². The van der Waals surface area contributed by atoms with Crippen LogP contribution >= 0.6 is 11.3 Å². The highest BCUT2D eigenvalue weighted by Gasteiger charge is 2.26. The van der Waals surface area contributed by atoms with E-state index in [0.717, 1.165) is 102 Å². The Morgan fingerprint density at radius 3 is 2.16 bits per heavy atom. The van der Waals surface area contributed by atoms with E-state index < -0.39 is 0 Å². The number of carbonyl (C=O) groups is 3. The Morgan fingerprint density at radius 2 is 1.51 bits per heavy atom. The van der Waals surface area contributed by atoms with Gasteiger partial charge in [0.2, 0.25) is 11.8 Å². The molecule has 1 aromatic heterocycles. The van der Waals surface area contributed by atoms with Crippen molar-refractivity contribution in [2.24, 2.45) is 0 Å². The first-order chi connectivity index (χ1) is 22.0. The molecule has 45 heavy (non-hydrogen) atoms. The molecular weight excluding hydrogens is 582 g/mol. The predicted octanol–water partition coefficient (Wildman–Crippen LogP) is 7.40. The Bertz CT molecular complexity index is 1140. The summed E-state index contributed by atoms with van der Waals surface area (Å²) >= 11 is 1.84. The molecule has 8 heteroatoms. The van der Waals surface area contributed by atoms with Crippen LogP contribution in [0.3, 0.4) is 0 Å². The first-order valence-electron chi connectivity index (χ1n) is 17.6. The molecule has 0 saturated carbocycles. The summed E-state index contributed by atoms with van der Waals surface area (Å²) in [7, 11) is 0. The Kier molecular flexibility index (Phi) is 17.9. The maximum absolute atomic E-state index is 12.6. The zero-order chi connectivity index (χ0) is 32.1. The molecule has 1 heterocycles. The largest absolute Gasteiger partial charge is 0.426 e. The molecule has 2 N–H and O–H groups in total. The zero-order valence-electron chi connectivity index (χ0n) is 27.9. The fourth-order valence-electron chi connectivity index (χ4n) is 6.18. The molecule has 0 saturated heterocycles. The number of carbonyl (C=O) groups excluding carboxylic acids is 3. The van der Waals surface area contributed by atoms with E-state index in [0.29, 0.717) is 31.2 Å². The van der Waals surface area contributed by atoms with Gasteiger partial charge in [-0.3, -0.25) is 19.3 Å². The molecule has 0 aliphatic heterocycles. The van der Waals surface area contributed by atoms with Crippen molar-refractivity contribution >= 4 is 29.1 Å². The molecule has 1 atom stereocenters. The van der Waals surface area contributed by atoms with Gasteiger partial charge >= 0.3 is 5.97 Å². The molecule has 1 aliphatic rings. The van der Waals surface area contributed by atoms with Crippen molar-refractivity contribution in [3.63, 3.8) is 0 Å². The van der Waals surface area contributed by atoms with Crippen molar-refractivity contribution in [2.45, 2.75) is 129 Å². The molecule has 3 rings (SSSR count). The Hall–Kier alpha value is -2.71. The maximum Gasteiger partial charge on any atom is 0.312 e. The molecule has 0 unspecified atom stereocenters. The lowest BCUT2D eigenvalue weighted by molar-refractivity contribution is -0.134. The van der Waals surface area contributed by atoms with Crippen LogP contribution in [0.2, 0.25) is 0 Å². The molecule has 0 spiro atoms. The number of unbranched alkanes of at least 4 members (excludes halogenated alkanes) is 7. The molecule has 1 aromatic carbocycles. The van der Waals surface area contributed by atoms with E-state index in [1.807, 2.05) is 23.5 Å². The van der Waals surface area contributed by atoms with Crippen molar-refractivity contribution in [3.8, 4) is 5.75 Å². The van der Waals surface area contributed by atoms with Crippen molar-refractivity contribution in [2.75, 3.05) is 26.2 Å². The van der Waals surface area contributed by atoms with Crippen molar-refractivity contribution in [1.82, 2.24) is 15.5 Å². The predicted molar refractivity (Wildman–Crippen MR) is 185 cm³/mol. The van der Waals surface area contributed by atoms with Gasteiger partial charge in [-0.05, 0) is 86.6 Å². The summed E-state index contributed by atoms with van der Waals surface area (Å²) in [4.78, 5) is 40.6. The number of hydrogen-bond acceptors (Lipinski definition) is 6. The second kappa shape index (κ2) is 21.9. The molecule has 2 aromatic rings. The summed E-state index contributed by atoms with van der Waals surface area (Å²) in [5.41, 5.74) is 2.45. The quantitative estimate of drug-likeness (QED) is 0.0752. The first kappa shape index (κ1) is 36.8. The van der Waals surface area contributed by atoms with Crippen LogP contribution in [0.25, 0.3) is 0 Å². The second-order valence-corrected chi connectivity index (χ2v) is 13.4. The van der Waals surface area contributed by atoms with Gasteiger partial charge in [-0.15, -0.1) is 11.3 Å². The minimum Gasteiger partial charge on any atom is -0.426 e. The van der Waals surface area contributed by atoms with Crippen LogP contribution in [0.15, 0.2) is 35.7 Å². The van der Waals surface area contributed by atoms with Gasteiger partial charge < -0.3 is 15.4 Å². The summed E-state index contributed by atoms with van der Waals surface area (Å²) < 4.78 is 5.80. The lowest BCUT2D eigenvalue weighted by atomic mass is 9.86. The first-order valence-corrected chi connectivity index (χ1v) is 18.5. The van der Waals surface area contributed by atoms with E-state index >= 15 is 0 Å². The van der Waals surface area contributed by atoms with Crippen LogP contribution in [0.5, 0.6) is 5.75 Å². The van der Waals surface area contributed by atoms with E-state index in [-0.39, 0.29) is 24.2 Å². The SMILES string of the molecule is CCCNC(=O)CCCCCCCCCCC(=O)NCCC(=O)Oc1cccc2c1CC[C@H](N(CCC)CCc1cccs1)C2. The average molecular weight is 640 g/mol. The molecule has 0 fully saturated rings. The second-order valence-electron chi connectivity index (χ2n) is 12.4. The lowest BCUT2D eigenvalue weighted by Crippen LogP contribution is -2.41. The number of esters is 1. The van der Waals surface area contributed by atoms with Crippen LogP contribution in [0.4, 0.5) is 0 Å². The number of nitrogens with one attached hydrogen (secondary N) is 2. The monoisotopic (exact) mass is 639 g/mol. The molecule has 2 amide bonds. The topological polar surface area (TPSA) is 87.7 Å². The number of amides is 2. The van der Waals surface area contributed by atoms with E-state index in [4.69, 9.17) is 4.74 Å². The maximum atomic E-state index is 12.6. The number of hydrogen-bond donors (Lipinski definition) is 2. The van der Waals surface area contributed by atoms with E-state index in [2.05, 4.69) is 53.0 Å². The third-order valence-corrected chi connectivity index (χ3v) is 9.61. The fraction of sp³-hybridized carbons (Fsp3) is 0.649. The third-order valence-electron chi connectivity index (χ3n) is 8.67. The van der Waals surface area contributed by atoms with Gasteiger partial charge in [-0.1, -0.05) is 70.6 Å². The van der Waals surface area contributed by atoms with Crippen LogP contribution < -0.4 is 15.4 Å². The molecule has 250 valence electrons. The summed E-state index contributed by atoms with van der Waals surface area (Å²) in [5, 5.41) is 7.96. The van der Waals surface area contributed by atoms with Crippen LogP contribution in [-0.2, 0) is 33.6 Å². The Labute approximate surface area is 275 Å². The minimum absolute atomic E-state index is 0.00277. The van der Waals surface area contributed by atoms with Crippen LogP contribution in [0, 0.1) is 0 Å². The van der Waals surface area contributed by atoms with Crippen molar-refractivity contribution in [3.05, 3.63) is 51.7 Å². The third kappa shape index (κ3) is 14.5. The Morgan fingerprint density at radius 1 is 0.822 bits per heavy atom. The number of fused-ring (bicyclic) bond motifs is 1. The fourth-order valence-corrected chi connectivity index (χ4v) is 6.88. The average Bonchev–Trinajstić information content (AvgIpc) is 3.56. The highest BCUT2D eigenvalue weighted by Crippen LogP contribution is 2.32. The van der Waals surface area contributed by atoms with Gasteiger partial charge in [0.1, 0.15) is 5.75 Å². The number of benzene rings is 1. The van der Waals surface area contributed by atoms with Crippen molar-refractivity contribution in [1.29, 1.82) is 0 Å². The van der Waals surface area contributed by atoms with E-state index in [1.54, 1.807) is 0 Å². The van der Waals surface area contributed by atoms with E-state index in [1.165, 1.54) is 23.3 Å². The van der Waals surface area contributed by atoms with Gasteiger partial charge in [-0.25, -0.2) is 0 Å². The summed E-state index contributed by atoms with van der Waals surface area (Å²) in [6.45, 7) is 7.58. The minimum atomic E-state index is -0.295. The number of rotatable bonds is 23. The van der Waals surface area contributed by atoms with Gasteiger partial charge in [-0.2, -0.15) is 0 Å². The smallest absolute Gasteiger partial charge is 0.312 e.